The molecule has 0 saturated carbocycles. The number of amides is 1. The number of rotatable bonds is 6. The predicted molar refractivity (Wildman–Crippen MR) is 140 cm³/mol. The Bertz CT molecular complexity index is 1130. The lowest BCUT2D eigenvalue weighted by molar-refractivity contribution is 0.163. The minimum atomic E-state index is -0.327. The zero-order valence-electron chi connectivity index (χ0n) is 20.9. The van der Waals surface area contributed by atoms with Crippen LogP contribution in [0, 0.1) is 0 Å². The van der Waals surface area contributed by atoms with Gasteiger partial charge in [-0.1, -0.05) is 60.2 Å². The van der Waals surface area contributed by atoms with Crippen LogP contribution in [0.3, 0.4) is 0 Å². The summed E-state index contributed by atoms with van der Waals surface area (Å²) in [5.41, 5.74) is 8.12. The molecular formula is C30H36N2O2. The highest BCUT2D eigenvalue weighted by atomic mass is 16.6. The monoisotopic (exact) mass is 456 g/mol. The van der Waals surface area contributed by atoms with Crippen molar-refractivity contribution in [2.24, 2.45) is 0 Å². The van der Waals surface area contributed by atoms with Crippen LogP contribution in [-0.4, -0.2) is 43.6 Å². The maximum atomic E-state index is 12.7. The molecule has 0 aromatic heterocycles. The SMILES string of the molecule is CC(c1cccc(OC(=O)N(C)CCC=C2C3=C(CCC=C3)CCc3ccccc32)c1)N(C)C. The summed E-state index contributed by atoms with van der Waals surface area (Å²) in [6, 6.07) is 16.8. The number of hydrogen-bond acceptors (Lipinski definition) is 3. The molecule has 2 aromatic rings. The second kappa shape index (κ2) is 10.9. The summed E-state index contributed by atoms with van der Waals surface area (Å²) in [6.07, 6.45) is 11.8. The van der Waals surface area contributed by atoms with E-state index < -0.39 is 0 Å². The lowest BCUT2D eigenvalue weighted by Gasteiger charge is -2.21. The molecule has 0 radical (unpaired) electrons. The highest BCUT2D eigenvalue weighted by Gasteiger charge is 2.20. The summed E-state index contributed by atoms with van der Waals surface area (Å²) in [7, 11) is 5.89. The molecule has 0 fully saturated rings. The van der Waals surface area contributed by atoms with Gasteiger partial charge in [-0.15, -0.1) is 0 Å². The van der Waals surface area contributed by atoms with Crippen LogP contribution in [0.1, 0.15) is 55.3 Å². The van der Waals surface area contributed by atoms with Crippen molar-refractivity contribution in [2.45, 2.75) is 45.1 Å². The van der Waals surface area contributed by atoms with Crippen molar-refractivity contribution in [2.75, 3.05) is 27.7 Å². The van der Waals surface area contributed by atoms with E-state index in [0.717, 1.165) is 37.7 Å². The van der Waals surface area contributed by atoms with E-state index >= 15 is 0 Å². The first kappa shape index (κ1) is 24.0. The lowest BCUT2D eigenvalue weighted by atomic mass is 9.88. The van der Waals surface area contributed by atoms with E-state index in [1.54, 1.807) is 17.5 Å². The first-order chi connectivity index (χ1) is 16.4. The molecule has 1 atom stereocenters. The molecule has 2 aromatic carbocycles. The van der Waals surface area contributed by atoms with Crippen molar-refractivity contribution in [1.29, 1.82) is 0 Å². The van der Waals surface area contributed by atoms with Crippen molar-refractivity contribution >= 4 is 11.7 Å². The summed E-state index contributed by atoms with van der Waals surface area (Å²) in [5, 5.41) is 0. The van der Waals surface area contributed by atoms with Crippen molar-refractivity contribution in [3.05, 3.63) is 94.6 Å². The summed E-state index contributed by atoms with van der Waals surface area (Å²) < 4.78 is 5.68. The van der Waals surface area contributed by atoms with Crippen molar-refractivity contribution < 1.29 is 9.53 Å². The summed E-state index contributed by atoms with van der Waals surface area (Å²) in [6.45, 7) is 2.74. The first-order valence-corrected chi connectivity index (χ1v) is 12.3. The normalized spacial score (nSPS) is 17.3. The maximum absolute atomic E-state index is 12.7. The molecule has 4 nitrogen and oxygen atoms in total. The van der Waals surface area contributed by atoms with Gasteiger partial charge in [-0.3, -0.25) is 0 Å². The Balaban J connectivity index is 1.45. The molecule has 1 unspecified atom stereocenters. The van der Waals surface area contributed by atoms with Crippen LogP contribution in [0.25, 0.3) is 5.57 Å². The molecule has 178 valence electrons. The summed E-state index contributed by atoms with van der Waals surface area (Å²) in [4.78, 5) is 16.5. The molecule has 4 heteroatoms. The number of aryl methyl sites for hydroxylation is 1. The third kappa shape index (κ3) is 5.51. The molecule has 34 heavy (non-hydrogen) atoms. The number of carbonyl (C=O) groups excluding carboxylic acids is 1. The van der Waals surface area contributed by atoms with Gasteiger partial charge in [0.1, 0.15) is 5.75 Å². The average molecular weight is 457 g/mol. The smallest absolute Gasteiger partial charge is 0.410 e. The summed E-state index contributed by atoms with van der Waals surface area (Å²) >= 11 is 0. The molecule has 0 aliphatic heterocycles. The van der Waals surface area contributed by atoms with E-state index in [0.29, 0.717) is 12.3 Å². The van der Waals surface area contributed by atoms with Gasteiger partial charge < -0.3 is 14.5 Å². The second-order valence-corrected chi connectivity index (χ2v) is 9.52. The van der Waals surface area contributed by atoms with Gasteiger partial charge in [0.25, 0.3) is 0 Å². The van der Waals surface area contributed by atoms with E-state index in [1.165, 1.54) is 22.3 Å². The van der Waals surface area contributed by atoms with Crippen molar-refractivity contribution in [1.82, 2.24) is 9.80 Å². The second-order valence-electron chi connectivity index (χ2n) is 9.52. The predicted octanol–water partition coefficient (Wildman–Crippen LogP) is 6.81. The van der Waals surface area contributed by atoms with Crippen LogP contribution < -0.4 is 4.74 Å². The third-order valence-electron chi connectivity index (χ3n) is 7.02. The Hall–Kier alpha value is -3.11. The van der Waals surface area contributed by atoms with Crippen LogP contribution in [0.5, 0.6) is 5.75 Å². The number of fused-ring (bicyclic) bond motifs is 1. The number of allylic oxidation sites excluding steroid dienone is 5. The fourth-order valence-corrected chi connectivity index (χ4v) is 4.71. The Morgan fingerprint density at radius 3 is 2.71 bits per heavy atom. The Morgan fingerprint density at radius 1 is 1.06 bits per heavy atom. The fourth-order valence-electron chi connectivity index (χ4n) is 4.71. The number of nitrogens with zero attached hydrogens (tertiary/aromatic N) is 2. The number of benzene rings is 2. The molecule has 0 bridgehead atoms. The zero-order valence-corrected chi connectivity index (χ0v) is 20.9. The quantitative estimate of drug-likeness (QED) is 0.479. The molecule has 0 N–H and O–H groups in total. The van der Waals surface area contributed by atoms with Gasteiger partial charge in [0, 0.05) is 19.6 Å². The Labute approximate surface area is 204 Å². The minimum absolute atomic E-state index is 0.249. The van der Waals surface area contributed by atoms with E-state index in [4.69, 9.17) is 4.74 Å². The van der Waals surface area contributed by atoms with E-state index in [2.05, 4.69) is 60.4 Å². The molecule has 1 amide bonds. The van der Waals surface area contributed by atoms with Crippen LogP contribution in [0.2, 0.25) is 0 Å². The first-order valence-electron chi connectivity index (χ1n) is 12.3. The molecule has 0 spiro atoms. The van der Waals surface area contributed by atoms with Crippen LogP contribution in [0.4, 0.5) is 4.79 Å². The van der Waals surface area contributed by atoms with Gasteiger partial charge in [-0.25, -0.2) is 4.79 Å². The van der Waals surface area contributed by atoms with Crippen LogP contribution in [-0.2, 0) is 6.42 Å². The van der Waals surface area contributed by atoms with Crippen molar-refractivity contribution in [3.8, 4) is 5.75 Å². The number of hydrogen-bond donors (Lipinski definition) is 0. The maximum Gasteiger partial charge on any atom is 0.414 e. The Kier molecular flexibility index (Phi) is 7.69. The molecule has 0 saturated heterocycles. The number of ether oxygens (including phenoxy) is 1. The third-order valence-corrected chi connectivity index (χ3v) is 7.02. The van der Waals surface area contributed by atoms with Crippen LogP contribution in [0.15, 0.2) is 77.9 Å². The van der Waals surface area contributed by atoms with Gasteiger partial charge in [-0.05, 0) is 93.1 Å². The van der Waals surface area contributed by atoms with Gasteiger partial charge in [-0.2, -0.15) is 0 Å². The Morgan fingerprint density at radius 2 is 1.88 bits per heavy atom. The molecule has 2 aliphatic carbocycles. The molecule has 2 aliphatic rings. The average Bonchev–Trinajstić information content (AvgIpc) is 3.01. The highest BCUT2D eigenvalue weighted by Crippen LogP contribution is 2.38. The van der Waals surface area contributed by atoms with Crippen molar-refractivity contribution in [3.63, 3.8) is 0 Å². The van der Waals surface area contributed by atoms with E-state index in [9.17, 15) is 4.79 Å². The zero-order chi connectivity index (χ0) is 24.1. The van der Waals surface area contributed by atoms with Gasteiger partial charge in [0.05, 0.1) is 0 Å². The minimum Gasteiger partial charge on any atom is -0.410 e. The topological polar surface area (TPSA) is 32.8 Å². The highest BCUT2D eigenvalue weighted by molar-refractivity contribution is 5.85. The van der Waals surface area contributed by atoms with Crippen LogP contribution >= 0.6 is 0 Å². The summed E-state index contributed by atoms with van der Waals surface area (Å²) in [5.74, 6) is 0.584. The lowest BCUT2D eigenvalue weighted by Crippen LogP contribution is -2.30. The van der Waals surface area contributed by atoms with E-state index in [-0.39, 0.29) is 12.1 Å². The number of carbonyl (C=O) groups is 1. The molecule has 4 rings (SSSR count). The molecule has 0 heterocycles. The van der Waals surface area contributed by atoms with Gasteiger partial charge in [0.2, 0.25) is 0 Å². The van der Waals surface area contributed by atoms with Gasteiger partial charge in [0.15, 0.2) is 0 Å². The largest absolute Gasteiger partial charge is 0.414 e. The van der Waals surface area contributed by atoms with E-state index in [1.807, 2.05) is 32.3 Å². The molecular weight excluding hydrogens is 420 g/mol. The van der Waals surface area contributed by atoms with Gasteiger partial charge >= 0.3 is 6.09 Å². The standard InChI is InChI=1S/C30H36N2O2/c1-22(31(2)3)25-13-9-14-26(21-25)34-30(33)32(4)20-10-17-29-27-15-7-5-11-23(27)18-19-24-12-6-8-16-28(24)29/h5,7-9,11,13-17,21-22H,6,10,12,18-20H2,1-4H3. The fraction of sp³-hybridized carbons (Fsp3) is 0.367.